The van der Waals surface area contributed by atoms with Gasteiger partial charge in [0.1, 0.15) is 0 Å². The molecule has 0 fully saturated rings. The van der Waals surface area contributed by atoms with Crippen molar-refractivity contribution in [1.82, 2.24) is 5.32 Å². The number of carbonyl (C=O) groups is 2. The van der Waals surface area contributed by atoms with Gasteiger partial charge in [0.15, 0.2) is 0 Å². The number of carbonyl (C=O) groups excluding carboxylic acids is 2. The number of nitrogens with one attached hydrogen (secondary N) is 1. The lowest BCUT2D eigenvalue weighted by Gasteiger charge is -2.15. The summed E-state index contributed by atoms with van der Waals surface area (Å²) in [5.74, 6) is 0.199. The quantitative estimate of drug-likeness (QED) is 0.722. The standard InChI is InChI=1S/C11H21NO3S/c1-7(2)12-10(13)9(4)16-6-8(3)11(14)15-5/h7-9H,6H2,1-5H3,(H,12,13). The lowest BCUT2D eigenvalue weighted by Crippen LogP contribution is -2.36. The third-order valence-electron chi connectivity index (χ3n) is 2.00. The van der Waals surface area contributed by atoms with Crippen LogP contribution < -0.4 is 5.32 Å². The molecule has 0 aliphatic heterocycles. The SMILES string of the molecule is COC(=O)C(C)CSC(C)C(=O)NC(C)C. The molecule has 0 saturated heterocycles. The summed E-state index contributed by atoms with van der Waals surface area (Å²) in [5.41, 5.74) is 0. The lowest BCUT2D eigenvalue weighted by atomic mass is 10.2. The van der Waals surface area contributed by atoms with E-state index in [9.17, 15) is 9.59 Å². The summed E-state index contributed by atoms with van der Waals surface area (Å²) >= 11 is 1.47. The first-order valence-electron chi connectivity index (χ1n) is 5.38. The van der Waals surface area contributed by atoms with E-state index in [1.54, 1.807) is 6.92 Å². The molecule has 1 N–H and O–H groups in total. The van der Waals surface area contributed by atoms with Crippen molar-refractivity contribution in [3.8, 4) is 0 Å². The fourth-order valence-electron chi connectivity index (χ4n) is 1.04. The summed E-state index contributed by atoms with van der Waals surface area (Å²) < 4.78 is 4.62. The smallest absolute Gasteiger partial charge is 0.309 e. The molecule has 0 aliphatic carbocycles. The number of amides is 1. The molecule has 2 unspecified atom stereocenters. The normalized spacial score (nSPS) is 14.4. The van der Waals surface area contributed by atoms with Gasteiger partial charge in [-0.1, -0.05) is 6.92 Å². The Bertz CT molecular complexity index is 243. The Labute approximate surface area is 101 Å². The topological polar surface area (TPSA) is 55.4 Å². The zero-order chi connectivity index (χ0) is 12.7. The van der Waals surface area contributed by atoms with E-state index in [0.717, 1.165) is 0 Å². The van der Waals surface area contributed by atoms with E-state index >= 15 is 0 Å². The van der Waals surface area contributed by atoms with Gasteiger partial charge in [-0.15, -0.1) is 11.8 Å². The van der Waals surface area contributed by atoms with Crippen molar-refractivity contribution in [3.05, 3.63) is 0 Å². The Hall–Kier alpha value is -0.710. The molecule has 0 aromatic carbocycles. The average Bonchev–Trinajstić information content (AvgIpc) is 2.23. The van der Waals surface area contributed by atoms with Crippen LogP contribution in [0.25, 0.3) is 0 Å². The second-order valence-corrected chi connectivity index (χ2v) is 5.44. The van der Waals surface area contributed by atoms with Crippen LogP contribution in [0.1, 0.15) is 27.7 Å². The Balaban J connectivity index is 3.92. The van der Waals surface area contributed by atoms with E-state index in [-0.39, 0.29) is 29.1 Å². The molecule has 0 saturated carbocycles. The van der Waals surface area contributed by atoms with Crippen molar-refractivity contribution < 1.29 is 14.3 Å². The molecular formula is C11H21NO3S. The first-order valence-corrected chi connectivity index (χ1v) is 6.43. The van der Waals surface area contributed by atoms with Crippen molar-refractivity contribution in [2.24, 2.45) is 5.92 Å². The van der Waals surface area contributed by atoms with Gasteiger partial charge in [-0.3, -0.25) is 9.59 Å². The maximum atomic E-state index is 11.6. The van der Waals surface area contributed by atoms with Gasteiger partial charge < -0.3 is 10.1 Å². The molecule has 16 heavy (non-hydrogen) atoms. The molecule has 1 amide bonds. The highest BCUT2D eigenvalue weighted by Gasteiger charge is 2.18. The maximum absolute atomic E-state index is 11.6. The minimum atomic E-state index is -0.232. The summed E-state index contributed by atoms with van der Waals surface area (Å²) in [6.45, 7) is 7.48. The average molecular weight is 247 g/mol. The number of rotatable bonds is 6. The predicted molar refractivity (Wildman–Crippen MR) is 66.4 cm³/mol. The van der Waals surface area contributed by atoms with Crippen molar-refractivity contribution in [3.63, 3.8) is 0 Å². The summed E-state index contributed by atoms with van der Waals surface area (Å²) in [5, 5.41) is 2.69. The summed E-state index contributed by atoms with van der Waals surface area (Å²) in [6, 6.07) is 0.147. The second-order valence-electron chi connectivity index (χ2n) is 4.06. The van der Waals surface area contributed by atoms with E-state index in [1.807, 2.05) is 20.8 Å². The van der Waals surface area contributed by atoms with E-state index in [0.29, 0.717) is 5.75 Å². The molecule has 2 atom stereocenters. The van der Waals surface area contributed by atoms with Crippen LogP contribution in [0.5, 0.6) is 0 Å². The molecule has 0 rings (SSSR count). The minimum Gasteiger partial charge on any atom is -0.469 e. The van der Waals surface area contributed by atoms with Gasteiger partial charge >= 0.3 is 5.97 Å². The van der Waals surface area contributed by atoms with Gasteiger partial charge in [0, 0.05) is 11.8 Å². The fraction of sp³-hybridized carbons (Fsp3) is 0.818. The molecule has 0 spiro atoms. The third kappa shape index (κ3) is 6.00. The molecule has 94 valence electrons. The van der Waals surface area contributed by atoms with Crippen molar-refractivity contribution in [2.75, 3.05) is 12.9 Å². The number of esters is 1. The first kappa shape index (κ1) is 15.3. The highest BCUT2D eigenvalue weighted by Crippen LogP contribution is 2.16. The van der Waals surface area contributed by atoms with Crippen molar-refractivity contribution in [1.29, 1.82) is 0 Å². The zero-order valence-corrected chi connectivity index (χ0v) is 11.4. The number of ether oxygens (including phenoxy) is 1. The van der Waals surface area contributed by atoms with Gasteiger partial charge in [-0.2, -0.15) is 0 Å². The van der Waals surface area contributed by atoms with Gasteiger partial charge in [0.05, 0.1) is 18.3 Å². The lowest BCUT2D eigenvalue weighted by molar-refractivity contribution is -0.144. The van der Waals surface area contributed by atoms with Crippen LogP contribution in [0.15, 0.2) is 0 Å². The van der Waals surface area contributed by atoms with Crippen molar-refractivity contribution >= 4 is 23.6 Å². The van der Waals surface area contributed by atoms with Crippen LogP contribution in [0.3, 0.4) is 0 Å². The van der Waals surface area contributed by atoms with Crippen molar-refractivity contribution in [2.45, 2.75) is 39.0 Å². The number of hydrogen-bond donors (Lipinski definition) is 1. The molecule has 0 aliphatic rings. The molecule has 0 heterocycles. The molecule has 0 bridgehead atoms. The highest BCUT2D eigenvalue weighted by atomic mass is 32.2. The van der Waals surface area contributed by atoms with Crippen LogP contribution in [-0.4, -0.2) is 36.0 Å². The predicted octanol–water partition coefficient (Wildman–Crippen LogP) is 1.44. The minimum absolute atomic E-state index is 0.0112. The van der Waals surface area contributed by atoms with Crippen LogP contribution >= 0.6 is 11.8 Å². The van der Waals surface area contributed by atoms with Gasteiger partial charge in [0.25, 0.3) is 0 Å². The first-order chi connectivity index (χ1) is 7.38. The van der Waals surface area contributed by atoms with E-state index in [1.165, 1.54) is 18.9 Å². The zero-order valence-electron chi connectivity index (χ0n) is 10.6. The van der Waals surface area contributed by atoms with Gasteiger partial charge in [0.2, 0.25) is 5.91 Å². The Kier molecular flexibility index (Phi) is 7.21. The molecule has 5 heteroatoms. The Morgan fingerprint density at radius 2 is 1.81 bits per heavy atom. The highest BCUT2D eigenvalue weighted by molar-refractivity contribution is 8.00. The summed E-state index contributed by atoms with van der Waals surface area (Å²) in [6.07, 6.45) is 0. The fourth-order valence-corrected chi connectivity index (χ4v) is 1.97. The molecule has 0 radical (unpaired) electrons. The molecular weight excluding hydrogens is 226 g/mol. The molecule has 0 aromatic rings. The molecule has 0 aromatic heterocycles. The Morgan fingerprint density at radius 1 is 1.25 bits per heavy atom. The van der Waals surface area contributed by atoms with E-state index in [2.05, 4.69) is 10.1 Å². The number of thioether (sulfide) groups is 1. The Morgan fingerprint density at radius 3 is 2.25 bits per heavy atom. The molecule has 4 nitrogen and oxygen atoms in total. The van der Waals surface area contributed by atoms with Crippen LogP contribution in [0.4, 0.5) is 0 Å². The number of hydrogen-bond acceptors (Lipinski definition) is 4. The van der Waals surface area contributed by atoms with Crippen LogP contribution in [-0.2, 0) is 14.3 Å². The summed E-state index contributed by atoms with van der Waals surface area (Å²) in [4.78, 5) is 22.7. The van der Waals surface area contributed by atoms with E-state index in [4.69, 9.17) is 0 Å². The van der Waals surface area contributed by atoms with E-state index < -0.39 is 0 Å². The largest absolute Gasteiger partial charge is 0.469 e. The van der Waals surface area contributed by atoms with Crippen LogP contribution in [0.2, 0.25) is 0 Å². The van der Waals surface area contributed by atoms with Crippen LogP contribution in [0, 0.1) is 5.92 Å². The number of methoxy groups -OCH3 is 1. The van der Waals surface area contributed by atoms with Gasteiger partial charge in [-0.25, -0.2) is 0 Å². The third-order valence-corrected chi connectivity index (χ3v) is 3.41. The van der Waals surface area contributed by atoms with Gasteiger partial charge in [-0.05, 0) is 20.8 Å². The summed E-state index contributed by atoms with van der Waals surface area (Å²) in [7, 11) is 1.37. The second kappa shape index (κ2) is 7.54. The maximum Gasteiger partial charge on any atom is 0.309 e. The monoisotopic (exact) mass is 247 g/mol.